The zero-order valence-electron chi connectivity index (χ0n) is 12.0. The largest absolute Gasteiger partial charge is 0.491 e. The Labute approximate surface area is 119 Å². The lowest BCUT2D eigenvalue weighted by molar-refractivity contribution is -0.0527. The zero-order chi connectivity index (χ0) is 14.8. The Kier molecular flexibility index (Phi) is 4.80. The van der Waals surface area contributed by atoms with Crippen molar-refractivity contribution in [3.63, 3.8) is 0 Å². The molecule has 0 spiro atoms. The first kappa shape index (κ1) is 15.4. The monoisotopic (exact) mass is 281 g/mol. The van der Waals surface area contributed by atoms with Crippen LogP contribution in [0.3, 0.4) is 0 Å². The quantitative estimate of drug-likeness (QED) is 0.789. The Morgan fingerprint density at radius 3 is 2.85 bits per heavy atom. The van der Waals surface area contributed by atoms with Gasteiger partial charge < -0.3 is 14.8 Å². The molecule has 1 aromatic rings. The lowest BCUT2D eigenvalue weighted by Gasteiger charge is -2.39. The van der Waals surface area contributed by atoms with Gasteiger partial charge in [-0.15, -0.1) is 0 Å². The highest BCUT2D eigenvalue weighted by Crippen LogP contribution is 2.24. The van der Waals surface area contributed by atoms with Crippen molar-refractivity contribution in [2.45, 2.75) is 31.9 Å². The number of hydrogen-bond acceptors (Lipinski definition) is 4. The lowest BCUT2D eigenvalue weighted by Crippen LogP contribution is -2.47. The highest BCUT2D eigenvalue weighted by atomic mass is 19.1. The summed E-state index contributed by atoms with van der Waals surface area (Å²) in [5.41, 5.74) is 0.654. The molecule has 1 aliphatic heterocycles. The maximum Gasteiger partial charge on any atom is 0.491 e. The summed E-state index contributed by atoms with van der Waals surface area (Å²) in [4.78, 5) is 2.24. The van der Waals surface area contributed by atoms with Crippen molar-refractivity contribution in [2.75, 3.05) is 20.2 Å². The van der Waals surface area contributed by atoms with Crippen LogP contribution >= 0.6 is 0 Å². The Morgan fingerprint density at radius 2 is 2.20 bits per heavy atom. The Morgan fingerprint density at radius 1 is 1.45 bits per heavy atom. The number of likely N-dealkylation sites (tertiary alicyclic amines) is 1. The molecule has 0 saturated carbocycles. The predicted octanol–water partition coefficient (Wildman–Crippen LogP) is 0.506. The van der Waals surface area contributed by atoms with Gasteiger partial charge in [-0.25, -0.2) is 4.39 Å². The fourth-order valence-electron chi connectivity index (χ4n) is 2.76. The summed E-state index contributed by atoms with van der Waals surface area (Å²) in [5.74, 6) is -0.593. The zero-order valence-corrected chi connectivity index (χ0v) is 12.0. The molecule has 20 heavy (non-hydrogen) atoms. The van der Waals surface area contributed by atoms with Gasteiger partial charge in [-0.3, -0.25) is 4.90 Å². The highest BCUT2D eigenvalue weighted by molar-refractivity contribution is 6.58. The molecule has 0 amide bonds. The Balaban J connectivity index is 2.08. The van der Waals surface area contributed by atoms with E-state index in [0.29, 0.717) is 6.54 Å². The normalized spacial score (nSPS) is 23.9. The van der Waals surface area contributed by atoms with Crippen molar-refractivity contribution in [1.29, 1.82) is 0 Å². The second-order valence-corrected chi connectivity index (χ2v) is 5.70. The average molecular weight is 281 g/mol. The van der Waals surface area contributed by atoms with Gasteiger partial charge in [0.25, 0.3) is 0 Å². The summed E-state index contributed by atoms with van der Waals surface area (Å²) in [6, 6.07) is 4.47. The van der Waals surface area contributed by atoms with E-state index >= 15 is 0 Å². The fourth-order valence-corrected chi connectivity index (χ4v) is 2.76. The minimum atomic E-state index is -1.78. The van der Waals surface area contributed by atoms with Crippen LogP contribution in [0.1, 0.15) is 25.3 Å². The second-order valence-electron chi connectivity index (χ2n) is 5.70. The highest BCUT2D eigenvalue weighted by Gasteiger charge is 2.30. The Bertz CT molecular complexity index is 472. The topological polar surface area (TPSA) is 52.9 Å². The van der Waals surface area contributed by atoms with E-state index in [9.17, 15) is 4.39 Å². The maximum atomic E-state index is 13.4. The van der Waals surface area contributed by atoms with Gasteiger partial charge in [-0.05, 0) is 37.9 Å². The van der Waals surface area contributed by atoms with Crippen LogP contribution in [0.15, 0.2) is 18.2 Å². The molecular formula is C14H21BFNO3. The van der Waals surface area contributed by atoms with E-state index in [1.54, 1.807) is 13.2 Å². The van der Waals surface area contributed by atoms with Crippen LogP contribution in [0.5, 0.6) is 0 Å². The first-order valence-electron chi connectivity index (χ1n) is 6.85. The maximum absolute atomic E-state index is 13.4. The molecule has 1 aliphatic rings. The number of piperidine rings is 1. The van der Waals surface area contributed by atoms with Crippen LogP contribution in [-0.2, 0) is 11.3 Å². The summed E-state index contributed by atoms with van der Waals surface area (Å²) in [6.45, 7) is 4.52. The van der Waals surface area contributed by atoms with Gasteiger partial charge in [-0.1, -0.05) is 12.1 Å². The first-order valence-corrected chi connectivity index (χ1v) is 6.85. The SMILES string of the molecule is COC1(C)CCCN(Cc2ccc(F)c(B(O)O)c2)C1. The Hall–Kier alpha value is -0.945. The fraction of sp³-hybridized carbons (Fsp3) is 0.571. The van der Waals surface area contributed by atoms with Gasteiger partial charge in [-0.2, -0.15) is 0 Å². The number of halogens is 1. The van der Waals surface area contributed by atoms with Crippen LogP contribution in [0.4, 0.5) is 4.39 Å². The summed E-state index contributed by atoms with van der Waals surface area (Å²) in [7, 11) is -0.0534. The van der Waals surface area contributed by atoms with Crippen LogP contribution in [-0.4, -0.2) is 47.9 Å². The van der Waals surface area contributed by atoms with E-state index in [0.717, 1.165) is 31.5 Å². The molecule has 110 valence electrons. The summed E-state index contributed by atoms with van der Waals surface area (Å²) >= 11 is 0. The van der Waals surface area contributed by atoms with E-state index in [2.05, 4.69) is 11.8 Å². The van der Waals surface area contributed by atoms with Crippen LogP contribution in [0.2, 0.25) is 0 Å². The molecule has 1 atom stereocenters. The van der Waals surface area contributed by atoms with Crippen LogP contribution < -0.4 is 5.46 Å². The van der Waals surface area contributed by atoms with E-state index < -0.39 is 12.9 Å². The number of methoxy groups -OCH3 is 1. The van der Waals surface area contributed by atoms with Crippen molar-refractivity contribution < 1.29 is 19.2 Å². The van der Waals surface area contributed by atoms with Crippen molar-refractivity contribution in [1.82, 2.24) is 4.90 Å². The molecule has 1 aromatic carbocycles. The average Bonchev–Trinajstić information content (AvgIpc) is 2.41. The number of ether oxygens (including phenoxy) is 1. The third-order valence-corrected chi connectivity index (χ3v) is 3.98. The smallest absolute Gasteiger partial charge is 0.423 e. The van der Waals surface area contributed by atoms with Crippen molar-refractivity contribution in [3.05, 3.63) is 29.6 Å². The summed E-state index contributed by atoms with van der Waals surface area (Å²) < 4.78 is 19.0. The van der Waals surface area contributed by atoms with Crippen molar-refractivity contribution in [3.8, 4) is 0 Å². The standard InChI is InChI=1S/C14H21BFNO3/c1-14(20-2)6-3-7-17(10-14)9-11-4-5-13(16)12(8-11)15(18)19/h4-5,8,18-19H,3,6-7,9-10H2,1-2H3. The molecule has 4 nitrogen and oxygen atoms in total. The molecule has 1 fully saturated rings. The van der Waals surface area contributed by atoms with E-state index in [-0.39, 0.29) is 11.1 Å². The minimum absolute atomic E-state index is 0.0750. The van der Waals surface area contributed by atoms with Gasteiger partial charge in [0, 0.05) is 25.7 Å². The molecule has 1 unspecified atom stereocenters. The number of rotatable bonds is 4. The summed E-state index contributed by atoms with van der Waals surface area (Å²) in [5, 5.41) is 18.3. The van der Waals surface area contributed by atoms with E-state index in [1.807, 2.05) is 0 Å². The molecule has 0 aliphatic carbocycles. The molecule has 0 radical (unpaired) electrons. The molecule has 2 N–H and O–H groups in total. The van der Waals surface area contributed by atoms with Crippen LogP contribution in [0, 0.1) is 5.82 Å². The molecular weight excluding hydrogens is 260 g/mol. The lowest BCUT2D eigenvalue weighted by atomic mass is 9.79. The van der Waals surface area contributed by atoms with Gasteiger partial charge >= 0.3 is 7.12 Å². The summed E-state index contributed by atoms with van der Waals surface area (Å²) in [6.07, 6.45) is 2.09. The van der Waals surface area contributed by atoms with Gasteiger partial charge in [0.1, 0.15) is 5.82 Å². The molecule has 6 heteroatoms. The minimum Gasteiger partial charge on any atom is -0.423 e. The van der Waals surface area contributed by atoms with Gasteiger partial charge in [0.15, 0.2) is 0 Å². The van der Waals surface area contributed by atoms with Crippen molar-refractivity contribution in [2.24, 2.45) is 0 Å². The third kappa shape index (κ3) is 3.58. The van der Waals surface area contributed by atoms with E-state index in [4.69, 9.17) is 14.8 Å². The predicted molar refractivity (Wildman–Crippen MR) is 76.2 cm³/mol. The van der Waals surface area contributed by atoms with E-state index in [1.165, 1.54) is 12.1 Å². The van der Waals surface area contributed by atoms with Gasteiger partial charge in [0.05, 0.1) is 5.60 Å². The van der Waals surface area contributed by atoms with Crippen LogP contribution in [0.25, 0.3) is 0 Å². The number of nitrogens with zero attached hydrogens (tertiary/aromatic N) is 1. The van der Waals surface area contributed by atoms with Crippen molar-refractivity contribution >= 4 is 12.6 Å². The second kappa shape index (κ2) is 6.22. The third-order valence-electron chi connectivity index (χ3n) is 3.98. The number of benzene rings is 1. The number of hydrogen-bond donors (Lipinski definition) is 2. The van der Waals surface area contributed by atoms with Gasteiger partial charge in [0.2, 0.25) is 0 Å². The molecule has 0 aromatic heterocycles. The first-order chi connectivity index (χ1) is 9.43. The molecule has 1 heterocycles. The molecule has 1 saturated heterocycles. The molecule has 0 bridgehead atoms. The molecule has 2 rings (SSSR count).